The number of halogens is 2. The minimum Gasteiger partial charge on any atom is -0.494 e. The van der Waals surface area contributed by atoms with Crippen molar-refractivity contribution in [2.45, 2.75) is 13.0 Å². The fourth-order valence-corrected chi connectivity index (χ4v) is 4.14. The molecular formula is C19H17F2NO4S. The van der Waals surface area contributed by atoms with Crippen molar-refractivity contribution >= 4 is 21.4 Å². The molecule has 0 unspecified atom stereocenters. The molecule has 1 aliphatic rings. The number of nitrogens with zero attached hydrogens (tertiary/aromatic N) is 1. The quantitative estimate of drug-likeness (QED) is 0.782. The van der Waals surface area contributed by atoms with Gasteiger partial charge in [0, 0.05) is 11.1 Å². The molecule has 1 aliphatic heterocycles. The Balaban J connectivity index is 2.05. The Morgan fingerprint density at radius 3 is 2.30 bits per heavy atom. The summed E-state index contributed by atoms with van der Waals surface area (Å²) < 4.78 is 57.3. The summed E-state index contributed by atoms with van der Waals surface area (Å²) in [7, 11) is -3.49. The van der Waals surface area contributed by atoms with Crippen LogP contribution in [0.4, 0.5) is 14.5 Å². The summed E-state index contributed by atoms with van der Waals surface area (Å²) in [5.74, 6) is -2.79. The van der Waals surface area contributed by atoms with Crippen LogP contribution >= 0.6 is 0 Å². The molecule has 8 heteroatoms. The van der Waals surface area contributed by atoms with E-state index in [1.807, 2.05) is 6.92 Å². The summed E-state index contributed by atoms with van der Waals surface area (Å²) in [5, 5.41) is 1.00. The first-order chi connectivity index (χ1) is 12.8. The Kier molecular flexibility index (Phi) is 5.27. The lowest BCUT2D eigenvalue weighted by Crippen LogP contribution is -2.42. The van der Waals surface area contributed by atoms with Crippen LogP contribution in [0, 0.1) is 11.6 Å². The molecule has 0 aliphatic carbocycles. The van der Waals surface area contributed by atoms with Gasteiger partial charge in [0.15, 0.2) is 9.84 Å². The summed E-state index contributed by atoms with van der Waals surface area (Å²) in [6, 6.07) is 8.53. The maximum atomic E-state index is 14.1. The van der Waals surface area contributed by atoms with Crippen molar-refractivity contribution in [1.82, 2.24) is 0 Å². The number of carbonyl (C=O) groups excluding carboxylic acids is 1. The van der Waals surface area contributed by atoms with Crippen LogP contribution in [0.2, 0.25) is 0 Å². The van der Waals surface area contributed by atoms with Crippen LogP contribution in [0.15, 0.2) is 53.9 Å². The summed E-state index contributed by atoms with van der Waals surface area (Å²) in [5.41, 5.74) is -0.429. The molecule has 0 N–H and O–H groups in total. The second-order valence-electron chi connectivity index (χ2n) is 5.92. The molecular weight excluding hydrogens is 376 g/mol. The van der Waals surface area contributed by atoms with Crippen molar-refractivity contribution in [3.63, 3.8) is 0 Å². The Hall–Kier alpha value is -2.74. The average molecular weight is 393 g/mol. The van der Waals surface area contributed by atoms with Crippen LogP contribution in [-0.4, -0.2) is 32.7 Å². The van der Waals surface area contributed by atoms with Crippen LogP contribution in [0.5, 0.6) is 5.75 Å². The van der Waals surface area contributed by atoms with Crippen LogP contribution in [0.25, 0.3) is 0 Å². The van der Waals surface area contributed by atoms with Gasteiger partial charge in [0.1, 0.15) is 22.9 Å². The standard InChI is InChI=1S/C19H17F2NO4S/c1-2-26-15-8-6-13(7-9-15)22(14-10-11-27(24,25)12-14)19(23)18-16(20)4-3-5-17(18)21/h3-11,14H,2,12H2,1H3/t14-/m1/s1. The minimum absolute atomic E-state index is 0.304. The Bertz CT molecular complexity index is 967. The Morgan fingerprint density at radius 1 is 1.15 bits per heavy atom. The van der Waals surface area contributed by atoms with Crippen LogP contribution in [-0.2, 0) is 9.84 Å². The lowest BCUT2D eigenvalue weighted by atomic mass is 10.1. The summed E-state index contributed by atoms with van der Waals surface area (Å²) >= 11 is 0. The molecule has 1 amide bonds. The minimum atomic E-state index is -3.49. The Labute approximate surface area is 155 Å². The molecule has 0 saturated carbocycles. The number of sulfone groups is 1. The summed E-state index contributed by atoms with van der Waals surface area (Å²) in [4.78, 5) is 14.1. The van der Waals surface area contributed by atoms with Gasteiger partial charge < -0.3 is 9.64 Å². The van der Waals surface area contributed by atoms with E-state index in [9.17, 15) is 22.0 Å². The number of anilines is 1. The van der Waals surface area contributed by atoms with E-state index < -0.39 is 39.0 Å². The number of hydrogen-bond donors (Lipinski definition) is 0. The van der Waals surface area contributed by atoms with E-state index >= 15 is 0 Å². The largest absolute Gasteiger partial charge is 0.494 e. The number of ether oxygens (including phenoxy) is 1. The molecule has 1 atom stereocenters. The highest BCUT2D eigenvalue weighted by Gasteiger charge is 2.34. The third kappa shape index (κ3) is 4.00. The third-order valence-corrected chi connectivity index (χ3v) is 5.44. The number of benzene rings is 2. The monoisotopic (exact) mass is 393 g/mol. The molecule has 0 radical (unpaired) electrons. The van der Waals surface area contributed by atoms with Gasteiger partial charge in [-0.15, -0.1) is 0 Å². The van der Waals surface area contributed by atoms with Crippen LogP contribution in [0.3, 0.4) is 0 Å². The van der Waals surface area contributed by atoms with E-state index in [2.05, 4.69) is 0 Å². The number of hydrogen-bond acceptors (Lipinski definition) is 4. The van der Waals surface area contributed by atoms with Crippen molar-refractivity contribution < 1.29 is 26.7 Å². The van der Waals surface area contributed by atoms with Gasteiger partial charge in [-0.05, 0) is 49.4 Å². The molecule has 2 aromatic carbocycles. The number of amides is 1. The van der Waals surface area contributed by atoms with Gasteiger partial charge in [0.25, 0.3) is 5.91 Å². The predicted octanol–water partition coefficient (Wildman–Crippen LogP) is 3.32. The van der Waals surface area contributed by atoms with E-state index in [4.69, 9.17) is 4.74 Å². The molecule has 27 heavy (non-hydrogen) atoms. The molecule has 0 aromatic heterocycles. The van der Waals surface area contributed by atoms with E-state index in [0.717, 1.165) is 28.5 Å². The van der Waals surface area contributed by atoms with Crippen LogP contribution < -0.4 is 9.64 Å². The van der Waals surface area contributed by atoms with Crippen molar-refractivity contribution in [2.75, 3.05) is 17.3 Å². The Morgan fingerprint density at radius 2 is 1.78 bits per heavy atom. The van der Waals surface area contributed by atoms with Gasteiger partial charge in [-0.2, -0.15) is 0 Å². The number of rotatable bonds is 5. The molecule has 1 heterocycles. The van der Waals surface area contributed by atoms with Crippen molar-refractivity contribution in [3.8, 4) is 5.75 Å². The molecule has 0 spiro atoms. The SMILES string of the molecule is CCOc1ccc(N(C(=O)c2c(F)cccc2F)[C@@H]2C=CS(=O)(=O)C2)cc1. The lowest BCUT2D eigenvalue weighted by molar-refractivity contribution is 0.0975. The van der Waals surface area contributed by atoms with Crippen LogP contribution in [0.1, 0.15) is 17.3 Å². The molecule has 0 saturated heterocycles. The van der Waals surface area contributed by atoms with E-state index in [-0.39, 0.29) is 5.75 Å². The van der Waals surface area contributed by atoms with Gasteiger partial charge in [-0.3, -0.25) is 4.79 Å². The first-order valence-electron chi connectivity index (χ1n) is 8.24. The first kappa shape index (κ1) is 19.0. The molecule has 142 valence electrons. The molecule has 0 fully saturated rings. The lowest BCUT2D eigenvalue weighted by Gasteiger charge is -2.28. The normalized spacial score (nSPS) is 17.7. The zero-order chi connectivity index (χ0) is 19.6. The summed E-state index contributed by atoms with van der Waals surface area (Å²) in [6.07, 6.45) is 1.34. The van der Waals surface area contributed by atoms with Gasteiger partial charge in [-0.1, -0.05) is 6.07 Å². The van der Waals surface area contributed by atoms with Gasteiger partial charge >= 0.3 is 0 Å². The van der Waals surface area contributed by atoms with Crippen molar-refractivity contribution in [3.05, 3.63) is 71.1 Å². The topological polar surface area (TPSA) is 63.7 Å². The highest BCUT2D eigenvalue weighted by Crippen LogP contribution is 2.28. The maximum absolute atomic E-state index is 14.1. The smallest absolute Gasteiger partial charge is 0.264 e. The first-order valence-corrected chi connectivity index (χ1v) is 9.95. The fourth-order valence-electron chi connectivity index (χ4n) is 2.87. The van der Waals surface area contributed by atoms with Gasteiger partial charge in [0.2, 0.25) is 0 Å². The second-order valence-corrected chi connectivity index (χ2v) is 7.86. The van der Waals surface area contributed by atoms with E-state index in [1.54, 1.807) is 24.3 Å². The van der Waals surface area contributed by atoms with Crippen molar-refractivity contribution in [1.29, 1.82) is 0 Å². The van der Waals surface area contributed by atoms with Gasteiger partial charge in [-0.25, -0.2) is 17.2 Å². The second kappa shape index (κ2) is 7.48. The predicted molar refractivity (Wildman–Crippen MR) is 97.5 cm³/mol. The van der Waals surface area contributed by atoms with E-state index in [1.165, 1.54) is 6.08 Å². The molecule has 3 rings (SSSR count). The molecule has 5 nitrogen and oxygen atoms in total. The zero-order valence-electron chi connectivity index (χ0n) is 14.4. The molecule has 2 aromatic rings. The van der Waals surface area contributed by atoms with Crippen molar-refractivity contribution in [2.24, 2.45) is 0 Å². The molecule has 0 bridgehead atoms. The van der Waals surface area contributed by atoms with Gasteiger partial charge in [0.05, 0.1) is 18.4 Å². The zero-order valence-corrected chi connectivity index (χ0v) is 15.2. The highest BCUT2D eigenvalue weighted by atomic mass is 32.2. The summed E-state index contributed by atoms with van der Waals surface area (Å²) in [6.45, 7) is 2.27. The fraction of sp³-hybridized carbons (Fsp3) is 0.211. The third-order valence-electron chi connectivity index (χ3n) is 4.06. The van der Waals surface area contributed by atoms with E-state index in [0.29, 0.717) is 18.0 Å². The maximum Gasteiger partial charge on any atom is 0.264 e. The average Bonchev–Trinajstić information content (AvgIpc) is 2.96. The number of carbonyl (C=O) groups is 1. The highest BCUT2D eigenvalue weighted by molar-refractivity contribution is 7.94.